The molecule has 3 N–H and O–H groups in total. The summed E-state index contributed by atoms with van der Waals surface area (Å²) in [5.74, 6) is -0.486. The third kappa shape index (κ3) is 5.64. The van der Waals surface area contributed by atoms with Crippen LogP contribution in [0.5, 0.6) is 0 Å². The third-order valence-electron chi connectivity index (χ3n) is 7.38. The van der Waals surface area contributed by atoms with Crippen molar-refractivity contribution in [2.24, 2.45) is 5.92 Å². The molecule has 0 saturated heterocycles. The molecule has 1 amide bonds. The SMILES string of the molecule is CC(C)(C)[Si](C)(C)O[C@@H]1[C@H](O[P+](=O)O)[C@@H](CO)C[C@H]1n1cnc2c(NC(=O)c3ccccc3)ncnc21. The predicted molar refractivity (Wildman–Crippen MR) is 141 cm³/mol. The number of hydrogen-bond acceptors (Lipinski definition) is 8. The minimum atomic E-state index is -2.91. The molecule has 13 heteroatoms. The molecular weight excluding hydrogens is 513 g/mol. The molecule has 0 bridgehead atoms. The highest BCUT2D eigenvalue weighted by Crippen LogP contribution is 2.47. The van der Waals surface area contributed by atoms with E-state index in [9.17, 15) is 19.4 Å². The van der Waals surface area contributed by atoms with E-state index in [4.69, 9.17) is 8.95 Å². The number of aliphatic hydroxyl groups excluding tert-OH is 1. The van der Waals surface area contributed by atoms with Crippen LogP contribution in [0.15, 0.2) is 43.0 Å². The van der Waals surface area contributed by atoms with Gasteiger partial charge in [0.1, 0.15) is 12.4 Å². The molecule has 1 unspecified atom stereocenters. The van der Waals surface area contributed by atoms with Gasteiger partial charge in [-0.2, -0.15) is 0 Å². The Morgan fingerprint density at radius 3 is 2.51 bits per heavy atom. The number of carbonyl (C=O) groups is 1. The number of rotatable bonds is 8. The lowest BCUT2D eigenvalue weighted by Gasteiger charge is -2.40. The van der Waals surface area contributed by atoms with Crippen LogP contribution >= 0.6 is 8.25 Å². The number of aromatic nitrogens is 4. The van der Waals surface area contributed by atoms with Crippen molar-refractivity contribution in [1.82, 2.24) is 19.5 Å². The summed E-state index contributed by atoms with van der Waals surface area (Å²) in [6, 6.07) is 8.40. The zero-order chi connectivity index (χ0) is 27.0. The summed E-state index contributed by atoms with van der Waals surface area (Å²) >= 11 is 0. The first kappa shape index (κ1) is 27.4. The molecule has 1 aliphatic rings. The Labute approximate surface area is 217 Å². The Hall–Kier alpha value is -2.60. The number of anilines is 1. The topological polar surface area (TPSA) is 149 Å². The number of carbonyl (C=O) groups excluding carboxylic acids is 1. The maximum Gasteiger partial charge on any atom is 0.695 e. The molecule has 0 radical (unpaired) electrons. The molecule has 198 valence electrons. The zero-order valence-electron chi connectivity index (χ0n) is 21.5. The largest absolute Gasteiger partial charge is 0.695 e. The van der Waals surface area contributed by atoms with Crippen molar-refractivity contribution in [3.8, 4) is 0 Å². The summed E-state index contributed by atoms with van der Waals surface area (Å²) in [6.45, 7) is 10.3. The summed E-state index contributed by atoms with van der Waals surface area (Å²) in [7, 11) is -5.27. The van der Waals surface area contributed by atoms with Crippen molar-refractivity contribution in [2.45, 2.75) is 63.6 Å². The maximum atomic E-state index is 12.7. The van der Waals surface area contributed by atoms with E-state index in [2.05, 4.69) is 54.1 Å². The van der Waals surface area contributed by atoms with E-state index in [1.54, 1.807) is 30.6 Å². The molecular formula is C24H33N5O6PSi+. The van der Waals surface area contributed by atoms with Crippen molar-refractivity contribution in [2.75, 3.05) is 11.9 Å². The molecule has 5 atom stereocenters. The molecule has 1 aromatic carbocycles. The fraction of sp³-hybridized carbons (Fsp3) is 0.500. The molecule has 37 heavy (non-hydrogen) atoms. The molecule has 2 aromatic heterocycles. The second kappa shape index (κ2) is 10.6. The van der Waals surface area contributed by atoms with Crippen LogP contribution in [-0.4, -0.2) is 62.6 Å². The number of aliphatic hydroxyl groups is 1. The number of nitrogens with one attached hydrogen (secondary N) is 1. The van der Waals surface area contributed by atoms with E-state index in [1.807, 2.05) is 10.6 Å². The van der Waals surface area contributed by atoms with Gasteiger partial charge in [-0.05, 0) is 36.7 Å². The summed E-state index contributed by atoms with van der Waals surface area (Å²) in [6.07, 6.45) is 1.94. The zero-order valence-corrected chi connectivity index (χ0v) is 23.4. The number of fused-ring (bicyclic) bond motifs is 1. The van der Waals surface area contributed by atoms with Gasteiger partial charge < -0.3 is 19.4 Å². The second-order valence-corrected chi connectivity index (χ2v) is 16.2. The van der Waals surface area contributed by atoms with Gasteiger partial charge in [0.15, 0.2) is 25.3 Å². The van der Waals surface area contributed by atoms with Gasteiger partial charge in [0.25, 0.3) is 5.91 Å². The van der Waals surface area contributed by atoms with Crippen LogP contribution in [-0.2, 0) is 13.5 Å². The van der Waals surface area contributed by atoms with Crippen LogP contribution in [0, 0.1) is 5.92 Å². The van der Waals surface area contributed by atoms with E-state index in [1.165, 1.54) is 6.33 Å². The molecule has 0 aliphatic heterocycles. The molecule has 11 nitrogen and oxygen atoms in total. The lowest BCUT2D eigenvalue weighted by molar-refractivity contribution is 0.0178. The van der Waals surface area contributed by atoms with Gasteiger partial charge in [-0.3, -0.25) is 4.79 Å². The monoisotopic (exact) mass is 546 g/mol. The number of amides is 1. The van der Waals surface area contributed by atoms with Crippen molar-refractivity contribution in [3.63, 3.8) is 0 Å². The molecule has 3 aromatic rings. The minimum absolute atomic E-state index is 0.130. The molecule has 0 spiro atoms. The fourth-order valence-corrected chi connectivity index (χ4v) is 6.21. The fourth-order valence-electron chi connectivity index (χ4n) is 4.38. The van der Waals surface area contributed by atoms with Crippen LogP contribution in [0.25, 0.3) is 11.2 Å². The van der Waals surface area contributed by atoms with E-state index < -0.39 is 34.7 Å². The number of benzene rings is 1. The van der Waals surface area contributed by atoms with Crippen LogP contribution in [0.4, 0.5) is 5.82 Å². The van der Waals surface area contributed by atoms with Crippen molar-refractivity contribution < 1.29 is 28.3 Å². The van der Waals surface area contributed by atoms with Crippen LogP contribution < -0.4 is 5.32 Å². The van der Waals surface area contributed by atoms with Gasteiger partial charge in [0, 0.05) is 22.7 Å². The average Bonchev–Trinajstić information content (AvgIpc) is 3.40. The van der Waals surface area contributed by atoms with Crippen molar-refractivity contribution >= 4 is 39.5 Å². The smallest absolute Gasteiger partial charge is 0.409 e. The molecule has 2 heterocycles. The highest BCUT2D eigenvalue weighted by Gasteiger charge is 2.53. The van der Waals surface area contributed by atoms with Gasteiger partial charge >= 0.3 is 8.25 Å². The Bertz CT molecular complexity index is 1280. The van der Waals surface area contributed by atoms with Crippen LogP contribution in [0.3, 0.4) is 0 Å². The van der Waals surface area contributed by atoms with Crippen LogP contribution in [0.2, 0.25) is 18.1 Å². The number of imidazole rings is 1. The molecule has 1 aliphatic carbocycles. The van der Waals surface area contributed by atoms with Gasteiger partial charge in [0.05, 0.1) is 18.5 Å². The summed E-state index contributed by atoms with van der Waals surface area (Å²) < 4.78 is 25.7. The van der Waals surface area contributed by atoms with E-state index in [0.717, 1.165) is 0 Å². The van der Waals surface area contributed by atoms with E-state index >= 15 is 0 Å². The second-order valence-electron chi connectivity index (χ2n) is 10.8. The van der Waals surface area contributed by atoms with Gasteiger partial charge in [-0.25, -0.2) is 15.0 Å². The number of hydrogen-bond donors (Lipinski definition) is 3. The highest BCUT2D eigenvalue weighted by molar-refractivity contribution is 7.32. The molecule has 1 fully saturated rings. The van der Waals surface area contributed by atoms with Gasteiger partial charge in [-0.1, -0.05) is 39.0 Å². The average molecular weight is 547 g/mol. The predicted octanol–water partition coefficient (Wildman–Crippen LogP) is 4.06. The van der Waals surface area contributed by atoms with E-state index in [0.29, 0.717) is 23.1 Å². The standard InChI is InChI=1S/C24H32N5O6PSi/c1-24(2,3)37(4,5)35-20-17(11-16(12-30)19(20)34-36(32)33)29-14-27-18-21(25-13-26-22(18)29)28-23(31)15-9-7-6-8-10-15/h6-10,13-14,16-17,19-20,30H,11-12H2,1-5H3,(H-,25,26,28,31,32,33)/p+1/t16-,17-,19-,20+/m1/s1. The lowest BCUT2D eigenvalue weighted by atomic mass is 10.1. The Balaban J connectivity index is 1.72. The van der Waals surface area contributed by atoms with Crippen molar-refractivity contribution in [3.05, 3.63) is 48.5 Å². The first-order chi connectivity index (χ1) is 17.4. The number of nitrogens with zero attached hydrogens (tertiary/aromatic N) is 4. The van der Waals surface area contributed by atoms with E-state index in [-0.39, 0.29) is 29.4 Å². The summed E-state index contributed by atoms with van der Waals surface area (Å²) in [5.41, 5.74) is 1.35. The maximum absolute atomic E-state index is 12.7. The first-order valence-electron chi connectivity index (χ1n) is 12.1. The lowest BCUT2D eigenvalue weighted by Crippen LogP contribution is -2.48. The van der Waals surface area contributed by atoms with Gasteiger partial charge in [0.2, 0.25) is 0 Å². The van der Waals surface area contributed by atoms with Gasteiger partial charge in [-0.15, -0.1) is 9.42 Å². The Morgan fingerprint density at radius 2 is 1.89 bits per heavy atom. The Kier molecular flexibility index (Phi) is 7.89. The quantitative estimate of drug-likeness (QED) is 0.281. The third-order valence-corrected chi connectivity index (χ3v) is 12.3. The highest BCUT2D eigenvalue weighted by atomic mass is 31.1. The van der Waals surface area contributed by atoms with Crippen LogP contribution in [0.1, 0.15) is 43.6 Å². The summed E-state index contributed by atoms with van der Waals surface area (Å²) in [4.78, 5) is 35.5. The normalized spacial score (nSPS) is 22.8. The summed E-state index contributed by atoms with van der Waals surface area (Å²) in [5, 5.41) is 12.8. The minimum Gasteiger partial charge on any atom is -0.409 e. The Morgan fingerprint density at radius 1 is 1.19 bits per heavy atom. The first-order valence-corrected chi connectivity index (χ1v) is 16.1. The molecule has 1 saturated carbocycles. The van der Waals surface area contributed by atoms with Crippen molar-refractivity contribution in [1.29, 1.82) is 0 Å². The molecule has 4 rings (SSSR count).